The number of ketones is 1. The molecule has 0 aromatic heterocycles. The third-order valence-electron chi connectivity index (χ3n) is 2.82. The zero-order chi connectivity index (χ0) is 16.0. The molecule has 0 atom stereocenters. The first-order valence-corrected chi connectivity index (χ1v) is 6.89. The molecule has 1 aromatic carbocycles. The Morgan fingerprint density at radius 1 is 1.19 bits per heavy atom. The van der Waals surface area contributed by atoms with Crippen LogP contribution in [0.1, 0.15) is 35.3 Å². The lowest BCUT2D eigenvalue weighted by Crippen LogP contribution is -2.10. The van der Waals surface area contributed by atoms with E-state index in [0.717, 1.165) is 17.2 Å². The number of aryl methyl sites for hydroxylation is 2. The van der Waals surface area contributed by atoms with Gasteiger partial charge in [-0.3, -0.25) is 4.79 Å². The normalized spacial score (nSPS) is 11.0. The summed E-state index contributed by atoms with van der Waals surface area (Å²) < 4.78 is 10.3. The number of hydrogen-bond donors (Lipinski definition) is 0. The fourth-order valence-corrected chi connectivity index (χ4v) is 1.88. The predicted octanol–water partition coefficient (Wildman–Crippen LogP) is 3.25. The minimum absolute atomic E-state index is 0.272. The van der Waals surface area contributed by atoms with Crippen LogP contribution in [-0.4, -0.2) is 25.5 Å². The summed E-state index contributed by atoms with van der Waals surface area (Å²) in [5.74, 6) is 0.108. The number of esters is 1. The lowest BCUT2D eigenvalue weighted by Gasteiger charge is -2.15. The van der Waals surface area contributed by atoms with Gasteiger partial charge in [-0.15, -0.1) is 0 Å². The Hall–Kier alpha value is -2.10. The van der Waals surface area contributed by atoms with E-state index in [2.05, 4.69) is 4.74 Å². The number of benzene rings is 1. The van der Waals surface area contributed by atoms with Crippen LogP contribution in [0.3, 0.4) is 0 Å². The van der Waals surface area contributed by atoms with E-state index in [1.165, 1.54) is 13.2 Å². The van der Waals surface area contributed by atoms with Crippen LogP contribution in [0.5, 0.6) is 5.75 Å². The van der Waals surface area contributed by atoms with Crippen molar-refractivity contribution in [3.05, 3.63) is 41.0 Å². The summed E-state index contributed by atoms with van der Waals surface area (Å²) in [6.07, 6.45) is 2.33. The summed E-state index contributed by atoms with van der Waals surface area (Å²) in [5, 5.41) is 0. The number of ether oxygens (including phenoxy) is 2. The van der Waals surface area contributed by atoms with Crippen molar-refractivity contribution in [2.24, 2.45) is 5.92 Å². The Labute approximate surface area is 125 Å². The van der Waals surface area contributed by atoms with Gasteiger partial charge in [0.1, 0.15) is 5.75 Å². The van der Waals surface area contributed by atoms with E-state index in [9.17, 15) is 9.59 Å². The maximum atomic E-state index is 12.3. The summed E-state index contributed by atoms with van der Waals surface area (Å²) in [4.78, 5) is 23.3. The Morgan fingerprint density at radius 3 is 2.43 bits per heavy atom. The number of allylic oxidation sites excluding steroid dienone is 1. The Morgan fingerprint density at radius 2 is 1.86 bits per heavy atom. The molecule has 0 aliphatic heterocycles. The smallest absolute Gasteiger partial charge is 0.330 e. The second-order valence-electron chi connectivity index (χ2n) is 5.38. The number of methoxy groups -OCH3 is 1. The summed E-state index contributed by atoms with van der Waals surface area (Å²) in [5.41, 5.74) is 2.35. The average molecular weight is 290 g/mol. The van der Waals surface area contributed by atoms with Crippen LogP contribution >= 0.6 is 0 Å². The van der Waals surface area contributed by atoms with Gasteiger partial charge in [0, 0.05) is 6.08 Å². The van der Waals surface area contributed by atoms with Crippen molar-refractivity contribution in [1.82, 2.24) is 0 Å². The molecule has 21 heavy (non-hydrogen) atoms. The van der Waals surface area contributed by atoms with Gasteiger partial charge in [0.15, 0.2) is 5.78 Å². The summed E-state index contributed by atoms with van der Waals surface area (Å²) in [6, 6.07) is 3.74. The van der Waals surface area contributed by atoms with Crippen molar-refractivity contribution in [3.8, 4) is 5.75 Å². The molecule has 0 spiro atoms. The Bertz CT molecular complexity index is 556. The monoisotopic (exact) mass is 290 g/mol. The number of carbonyl (C=O) groups excluding carboxylic acids is 2. The van der Waals surface area contributed by atoms with E-state index < -0.39 is 5.97 Å². The van der Waals surface area contributed by atoms with Gasteiger partial charge < -0.3 is 9.47 Å². The van der Waals surface area contributed by atoms with Gasteiger partial charge in [-0.25, -0.2) is 4.79 Å². The zero-order valence-electron chi connectivity index (χ0n) is 13.2. The van der Waals surface area contributed by atoms with Crippen LogP contribution in [-0.2, 0) is 9.53 Å². The molecule has 1 rings (SSSR count). The second-order valence-corrected chi connectivity index (χ2v) is 5.38. The van der Waals surface area contributed by atoms with Crippen LogP contribution in [0.25, 0.3) is 0 Å². The van der Waals surface area contributed by atoms with Crippen molar-refractivity contribution >= 4 is 11.8 Å². The van der Waals surface area contributed by atoms with Crippen molar-refractivity contribution in [2.75, 3.05) is 13.7 Å². The van der Waals surface area contributed by atoms with E-state index >= 15 is 0 Å². The topological polar surface area (TPSA) is 52.6 Å². The molecule has 0 saturated carbocycles. The van der Waals surface area contributed by atoms with Gasteiger partial charge >= 0.3 is 5.97 Å². The highest BCUT2D eigenvalue weighted by atomic mass is 16.5. The molecule has 0 saturated heterocycles. The Balaban J connectivity index is 3.11. The van der Waals surface area contributed by atoms with E-state index in [-0.39, 0.29) is 5.78 Å². The second kappa shape index (κ2) is 7.62. The molecular formula is C17H22O4. The number of rotatable bonds is 6. The van der Waals surface area contributed by atoms with Crippen LogP contribution in [0.2, 0.25) is 0 Å². The quantitative estimate of drug-likeness (QED) is 0.458. The fraction of sp³-hybridized carbons (Fsp3) is 0.412. The zero-order valence-corrected chi connectivity index (χ0v) is 13.2. The van der Waals surface area contributed by atoms with Crippen molar-refractivity contribution in [1.29, 1.82) is 0 Å². The van der Waals surface area contributed by atoms with Crippen LogP contribution in [0.15, 0.2) is 24.3 Å². The van der Waals surface area contributed by atoms with Gasteiger partial charge in [0.2, 0.25) is 0 Å². The molecule has 114 valence electrons. The molecule has 0 bridgehead atoms. The first-order chi connectivity index (χ1) is 9.85. The molecule has 0 aliphatic rings. The maximum absolute atomic E-state index is 12.3. The van der Waals surface area contributed by atoms with E-state index in [0.29, 0.717) is 23.8 Å². The Kier molecular flexibility index (Phi) is 6.15. The fourth-order valence-electron chi connectivity index (χ4n) is 1.88. The van der Waals surface area contributed by atoms with Crippen molar-refractivity contribution in [2.45, 2.75) is 27.7 Å². The van der Waals surface area contributed by atoms with Gasteiger partial charge in [0.05, 0.1) is 19.3 Å². The molecule has 1 aromatic rings. The molecule has 0 fully saturated rings. The molecule has 0 heterocycles. The van der Waals surface area contributed by atoms with Crippen LogP contribution in [0.4, 0.5) is 0 Å². The van der Waals surface area contributed by atoms with Gasteiger partial charge in [-0.05, 0) is 43.0 Å². The molecule has 4 heteroatoms. The van der Waals surface area contributed by atoms with Gasteiger partial charge in [-0.1, -0.05) is 19.9 Å². The van der Waals surface area contributed by atoms with Crippen molar-refractivity contribution < 1.29 is 19.1 Å². The minimum atomic E-state index is -0.558. The number of hydrogen-bond acceptors (Lipinski definition) is 4. The summed E-state index contributed by atoms with van der Waals surface area (Å²) in [7, 11) is 1.27. The van der Waals surface area contributed by atoms with Crippen molar-refractivity contribution in [3.63, 3.8) is 0 Å². The van der Waals surface area contributed by atoms with Crippen LogP contribution in [0, 0.1) is 19.8 Å². The lowest BCUT2D eigenvalue weighted by molar-refractivity contribution is -0.134. The third kappa shape index (κ3) is 5.06. The average Bonchev–Trinajstić information content (AvgIpc) is 2.42. The first-order valence-electron chi connectivity index (χ1n) is 6.89. The molecular weight excluding hydrogens is 268 g/mol. The SMILES string of the molecule is COC(=O)/C=C/C(=O)c1cc(C)cc(C)c1OCC(C)C. The summed E-state index contributed by atoms with van der Waals surface area (Å²) >= 11 is 0. The molecule has 0 radical (unpaired) electrons. The standard InChI is InChI=1S/C17H22O4/c1-11(2)10-21-17-13(4)8-12(3)9-14(17)15(18)6-7-16(19)20-5/h6-9,11H,10H2,1-5H3/b7-6+. The molecule has 0 amide bonds. The largest absolute Gasteiger partial charge is 0.492 e. The van der Waals surface area contributed by atoms with E-state index in [4.69, 9.17) is 4.74 Å². The lowest BCUT2D eigenvalue weighted by atomic mass is 10.0. The first kappa shape index (κ1) is 17.0. The highest BCUT2D eigenvalue weighted by molar-refractivity contribution is 6.09. The highest BCUT2D eigenvalue weighted by Crippen LogP contribution is 2.26. The van der Waals surface area contributed by atoms with Gasteiger partial charge in [0.25, 0.3) is 0 Å². The summed E-state index contributed by atoms with van der Waals surface area (Å²) in [6.45, 7) is 8.44. The predicted molar refractivity (Wildman–Crippen MR) is 81.7 cm³/mol. The maximum Gasteiger partial charge on any atom is 0.330 e. The number of carbonyl (C=O) groups is 2. The van der Waals surface area contributed by atoms with E-state index in [1.54, 1.807) is 6.07 Å². The van der Waals surface area contributed by atoms with Crippen LogP contribution < -0.4 is 4.74 Å². The third-order valence-corrected chi connectivity index (χ3v) is 2.82. The molecule has 0 N–H and O–H groups in total. The van der Waals surface area contributed by atoms with Gasteiger partial charge in [-0.2, -0.15) is 0 Å². The minimum Gasteiger partial charge on any atom is -0.492 e. The van der Waals surface area contributed by atoms with E-state index in [1.807, 2.05) is 33.8 Å². The molecule has 0 aliphatic carbocycles. The highest BCUT2D eigenvalue weighted by Gasteiger charge is 2.14. The molecule has 0 unspecified atom stereocenters. The molecule has 4 nitrogen and oxygen atoms in total.